The normalized spacial score (nSPS) is 29.6. The van der Waals surface area contributed by atoms with Crippen molar-refractivity contribution < 1.29 is 13.2 Å². The second kappa shape index (κ2) is 4.06. The lowest BCUT2D eigenvalue weighted by atomic mass is 10.1. The monoisotopic (exact) mass is 329 g/mol. The average molecular weight is 330 g/mol. The zero-order chi connectivity index (χ0) is 12.9. The van der Waals surface area contributed by atoms with Crippen molar-refractivity contribution in [3.05, 3.63) is 28.7 Å². The SMILES string of the molecule is O=C1CC2CS(=O)(=O)CC2N1c1ccc(Br)cc1. The predicted octanol–water partition coefficient (Wildman–Crippen LogP) is 1.60. The van der Waals surface area contributed by atoms with Gasteiger partial charge in [-0.2, -0.15) is 0 Å². The minimum absolute atomic E-state index is 0.0298. The van der Waals surface area contributed by atoms with Gasteiger partial charge in [-0.05, 0) is 24.3 Å². The molecule has 2 saturated heterocycles. The molecule has 2 fully saturated rings. The summed E-state index contributed by atoms with van der Waals surface area (Å²) in [4.78, 5) is 13.7. The smallest absolute Gasteiger partial charge is 0.227 e. The molecule has 96 valence electrons. The Kier molecular flexibility index (Phi) is 2.75. The van der Waals surface area contributed by atoms with Crippen molar-refractivity contribution in [2.75, 3.05) is 16.4 Å². The standard InChI is InChI=1S/C12H12BrNO3S/c13-9-1-3-10(4-2-9)14-11-7-18(16,17)6-8(11)5-12(14)15/h1-4,8,11H,5-7H2. The van der Waals surface area contributed by atoms with Gasteiger partial charge in [0.2, 0.25) is 5.91 Å². The largest absolute Gasteiger partial charge is 0.308 e. The van der Waals surface area contributed by atoms with Crippen LogP contribution < -0.4 is 4.90 Å². The maximum Gasteiger partial charge on any atom is 0.227 e. The predicted molar refractivity (Wildman–Crippen MR) is 72.2 cm³/mol. The van der Waals surface area contributed by atoms with Gasteiger partial charge in [0.1, 0.15) is 0 Å². The minimum Gasteiger partial charge on any atom is -0.308 e. The molecule has 2 heterocycles. The number of hydrogen-bond acceptors (Lipinski definition) is 3. The number of fused-ring (bicyclic) bond motifs is 1. The van der Waals surface area contributed by atoms with Crippen molar-refractivity contribution in [3.63, 3.8) is 0 Å². The van der Waals surface area contributed by atoms with Crippen molar-refractivity contribution in [2.24, 2.45) is 5.92 Å². The summed E-state index contributed by atoms with van der Waals surface area (Å²) in [5, 5.41) is 0. The second-order valence-corrected chi connectivity index (χ2v) is 7.92. The van der Waals surface area contributed by atoms with E-state index in [2.05, 4.69) is 15.9 Å². The summed E-state index contributed by atoms with van der Waals surface area (Å²) in [7, 11) is -2.98. The van der Waals surface area contributed by atoms with Gasteiger partial charge in [0.15, 0.2) is 9.84 Å². The third-order valence-electron chi connectivity index (χ3n) is 3.58. The van der Waals surface area contributed by atoms with Gasteiger partial charge in [-0.3, -0.25) is 4.79 Å². The van der Waals surface area contributed by atoms with Crippen LogP contribution in [0.4, 0.5) is 5.69 Å². The number of carbonyl (C=O) groups excluding carboxylic acids is 1. The lowest BCUT2D eigenvalue weighted by molar-refractivity contribution is -0.117. The van der Waals surface area contributed by atoms with Crippen molar-refractivity contribution in [2.45, 2.75) is 12.5 Å². The summed E-state index contributed by atoms with van der Waals surface area (Å²) < 4.78 is 24.2. The fourth-order valence-electron chi connectivity index (χ4n) is 2.83. The van der Waals surface area contributed by atoms with E-state index in [4.69, 9.17) is 0 Å². The van der Waals surface area contributed by atoms with Gasteiger partial charge in [-0.1, -0.05) is 15.9 Å². The number of rotatable bonds is 1. The first-order valence-electron chi connectivity index (χ1n) is 5.74. The average Bonchev–Trinajstić information content (AvgIpc) is 2.70. The van der Waals surface area contributed by atoms with Crippen LogP contribution in [0, 0.1) is 5.92 Å². The number of nitrogens with zero attached hydrogens (tertiary/aromatic N) is 1. The Hall–Kier alpha value is -0.880. The number of amides is 1. The van der Waals surface area contributed by atoms with E-state index < -0.39 is 9.84 Å². The van der Waals surface area contributed by atoms with Crippen LogP contribution in [0.5, 0.6) is 0 Å². The van der Waals surface area contributed by atoms with Crippen LogP contribution in [0.15, 0.2) is 28.7 Å². The molecule has 0 aliphatic carbocycles. The van der Waals surface area contributed by atoms with Gasteiger partial charge in [-0.25, -0.2) is 8.42 Å². The van der Waals surface area contributed by atoms with Gasteiger partial charge < -0.3 is 4.90 Å². The van der Waals surface area contributed by atoms with Crippen molar-refractivity contribution in [3.8, 4) is 0 Å². The first-order valence-corrected chi connectivity index (χ1v) is 8.36. The molecule has 18 heavy (non-hydrogen) atoms. The summed E-state index contributed by atoms with van der Waals surface area (Å²) in [6.45, 7) is 0. The number of carbonyl (C=O) groups is 1. The lowest BCUT2D eigenvalue weighted by Gasteiger charge is -2.23. The molecule has 4 nitrogen and oxygen atoms in total. The molecule has 1 amide bonds. The third-order valence-corrected chi connectivity index (χ3v) is 5.89. The summed E-state index contributed by atoms with van der Waals surface area (Å²) in [5.41, 5.74) is 0.785. The van der Waals surface area contributed by atoms with E-state index in [-0.39, 0.29) is 29.4 Å². The summed E-state index contributed by atoms with van der Waals surface area (Å²) in [6.07, 6.45) is 0.347. The van der Waals surface area contributed by atoms with Gasteiger partial charge in [0.25, 0.3) is 0 Å². The van der Waals surface area contributed by atoms with Crippen molar-refractivity contribution >= 4 is 37.4 Å². The number of anilines is 1. The topological polar surface area (TPSA) is 54.5 Å². The minimum atomic E-state index is -2.98. The van der Waals surface area contributed by atoms with Crippen molar-refractivity contribution in [1.82, 2.24) is 0 Å². The fraction of sp³-hybridized carbons (Fsp3) is 0.417. The molecule has 2 aliphatic rings. The Labute approximate surface area is 114 Å². The summed E-state index contributed by atoms with van der Waals surface area (Å²) in [5.74, 6) is 0.240. The summed E-state index contributed by atoms with van der Waals surface area (Å²) in [6, 6.07) is 7.23. The molecule has 0 radical (unpaired) electrons. The van der Waals surface area contributed by atoms with E-state index in [1.54, 1.807) is 4.90 Å². The highest BCUT2D eigenvalue weighted by Gasteiger charge is 2.49. The highest BCUT2D eigenvalue weighted by atomic mass is 79.9. The maximum absolute atomic E-state index is 12.0. The Morgan fingerprint density at radius 1 is 1.17 bits per heavy atom. The highest BCUT2D eigenvalue weighted by Crippen LogP contribution is 2.37. The quantitative estimate of drug-likeness (QED) is 0.786. The van der Waals surface area contributed by atoms with E-state index in [1.807, 2.05) is 24.3 Å². The molecule has 0 aromatic heterocycles. The van der Waals surface area contributed by atoms with E-state index in [9.17, 15) is 13.2 Å². The van der Waals surface area contributed by atoms with Crippen LogP contribution in [0.1, 0.15) is 6.42 Å². The van der Waals surface area contributed by atoms with Gasteiger partial charge in [0.05, 0.1) is 17.5 Å². The molecule has 2 atom stereocenters. The lowest BCUT2D eigenvalue weighted by Crippen LogP contribution is -2.36. The number of halogens is 1. The number of hydrogen-bond donors (Lipinski definition) is 0. The first kappa shape index (κ1) is 12.2. The summed E-state index contributed by atoms with van der Waals surface area (Å²) >= 11 is 3.34. The van der Waals surface area contributed by atoms with Crippen LogP contribution in [0.25, 0.3) is 0 Å². The fourth-order valence-corrected chi connectivity index (χ4v) is 5.16. The molecular weight excluding hydrogens is 318 g/mol. The second-order valence-electron chi connectivity index (χ2n) is 4.85. The van der Waals surface area contributed by atoms with Gasteiger partial charge in [-0.15, -0.1) is 0 Å². The van der Waals surface area contributed by atoms with E-state index in [0.717, 1.165) is 10.2 Å². The molecule has 2 unspecified atom stereocenters. The molecule has 0 saturated carbocycles. The maximum atomic E-state index is 12.0. The van der Waals surface area contributed by atoms with E-state index in [0.29, 0.717) is 6.42 Å². The van der Waals surface area contributed by atoms with Crippen LogP contribution in [0.2, 0.25) is 0 Å². The Bertz CT molecular complexity index is 596. The van der Waals surface area contributed by atoms with Crippen LogP contribution >= 0.6 is 15.9 Å². The third kappa shape index (κ3) is 1.97. The molecule has 1 aromatic carbocycles. The number of benzene rings is 1. The molecule has 2 aliphatic heterocycles. The molecule has 0 bridgehead atoms. The molecule has 0 spiro atoms. The van der Waals surface area contributed by atoms with E-state index in [1.165, 1.54) is 0 Å². The Balaban J connectivity index is 1.96. The van der Waals surface area contributed by atoms with Crippen LogP contribution in [-0.2, 0) is 14.6 Å². The van der Waals surface area contributed by atoms with Crippen LogP contribution in [0.3, 0.4) is 0 Å². The number of sulfone groups is 1. The Morgan fingerprint density at radius 2 is 1.83 bits per heavy atom. The highest BCUT2D eigenvalue weighted by molar-refractivity contribution is 9.10. The van der Waals surface area contributed by atoms with E-state index >= 15 is 0 Å². The Morgan fingerprint density at radius 3 is 2.50 bits per heavy atom. The van der Waals surface area contributed by atoms with Crippen molar-refractivity contribution in [1.29, 1.82) is 0 Å². The molecular formula is C12H12BrNO3S. The zero-order valence-electron chi connectivity index (χ0n) is 9.54. The van der Waals surface area contributed by atoms with Gasteiger partial charge in [0, 0.05) is 22.5 Å². The molecule has 3 rings (SSSR count). The first-order chi connectivity index (χ1) is 8.46. The van der Waals surface area contributed by atoms with Gasteiger partial charge >= 0.3 is 0 Å². The molecule has 0 N–H and O–H groups in total. The molecule has 1 aromatic rings. The van der Waals surface area contributed by atoms with Crippen LogP contribution in [-0.4, -0.2) is 31.9 Å². The zero-order valence-corrected chi connectivity index (χ0v) is 11.9. The molecule has 6 heteroatoms.